The molecule has 72 valence electrons. The van der Waals surface area contributed by atoms with Crippen molar-refractivity contribution in [2.75, 3.05) is 0 Å². The van der Waals surface area contributed by atoms with Crippen LogP contribution < -0.4 is 0 Å². The second-order valence-electron chi connectivity index (χ2n) is 4.96. The molecule has 1 heteroatoms. The fourth-order valence-corrected chi connectivity index (χ4v) is 2.30. The normalized spacial score (nSPS) is 31.8. The van der Waals surface area contributed by atoms with Crippen molar-refractivity contribution in [3.8, 4) is 0 Å². The van der Waals surface area contributed by atoms with Gasteiger partial charge < -0.3 is 0 Å². The largest absolute Gasteiger partial charge is 0.176 e. The first-order chi connectivity index (χ1) is 5.60. The Balaban J connectivity index is 2.40. The molecule has 0 radical (unpaired) electrons. The van der Waals surface area contributed by atoms with Gasteiger partial charge >= 0.3 is 0 Å². The molecule has 0 aromatic rings. The smallest absolute Gasteiger partial charge is 0.00170 e. The average Bonchev–Trinajstić information content (AvgIpc) is 2.05. The molecule has 0 aromatic heterocycles. The minimum atomic E-state index is 0.575. The molecule has 1 fully saturated rings. The Labute approximate surface area is 82.5 Å². The lowest BCUT2D eigenvalue weighted by Gasteiger charge is -2.24. The third-order valence-corrected chi connectivity index (χ3v) is 3.56. The molecule has 0 amide bonds. The predicted molar refractivity (Wildman–Crippen MR) is 58.9 cm³/mol. The Morgan fingerprint density at radius 3 is 2.50 bits per heavy atom. The lowest BCUT2D eigenvalue weighted by molar-refractivity contribution is 0.295. The Hall–Kier alpha value is 0.350. The summed E-state index contributed by atoms with van der Waals surface area (Å²) in [5, 5.41) is 0.669. The highest BCUT2D eigenvalue weighted by Gasteiger charge is 2.20. The van der Waals surface area contributed by atoms with E-state index in [9.17, 15) is 0 Å². The summed E-state index contributed by atoms with van der Waals surface area (Å²) in [4.78, 5) is 0. The molecule has 0 heterocycles. The van der Waals surface area contributed by atoms with E-state index in [1.54, 1.807) is 0 Å². The summed E-state index contributed by atoms with van der Waals surface area (Å²) in [6, 6.07) is 0. The molecule has 12 heavy (non-hydrogen) atoms. The first kappa shape index (κ1) is 10.4. The monoisotopic (exact) mass is 186 g/mol. The molecular weight excluding hydrogens is 164 g/mol. The van der Waals surface area contributed by atoms with Gasteiger partial charge in [0.25, 0.3) is 0 Å². The average molecular weight is 186 g/mol. The van der Waals surface area contributed by atoms with Crippen LogP contribution in [0.3, 0.4) is 0 Å². The van der Waals surface area contributed by atoms with Crippen LogP contribution in [0.2, 0.25) is 0 Å². The third-order valence-electron chi connectivity index (χ3n) is 3.05. The molecule has 0 nitrogen and oxygen atoms in total. The lowest BCUT2D eigenvalue weighted by Crippen LogP contribution is -2.12. The van der Waals surface area contributed by atoms with E-state index in [2.05, 4.69) is 26.5 Å². The zero-order valence-corrected chi connectivity index (χ0v) is 9.37. The van der Waals surface area contributed by atoms with Gasteiger partial charge in [-0.2, -0.15) is 12.6 Å². The van der Waals surface area contributed by atoms with Crippen molar-refractivity contribution >= 4 is 12.6 Å². The summed E-state index contributed by atoms with van der Waals surface area (Å²) < 4.78 is 0. The van der Waals surface area contributed by atoms with Crippen LogP contribution in [0.1, 0.15) is 58.8 Å². The molecule has 1 atom stereocenters. The second kappa shape index (κ2) is 4.55. The molecule has 1 aliphatic rings. The van der Waals surface area contributed by atoms with E-state index >= 15 is 0 Å². The predicted octanol–water partition coefficient (Wildman–Crippen LogP) is 4.06. The Kier molecular flexibility index (Phi) is 3.95. The fraction of sp³-hybridized carbons (Fsp3) is 1.00. The molecule has 0 N–H and O–H groups in total. The molecule has 0 saturated heterocycles. The Bertz CT molecular complexity index is 129. The number of thiol groups is 1. The first-order valence-electron chi connectivity index (χ1n) is 5.28. The molecule has 1 saturated carbocycles. The van der Waals surface area contributed by atoms with E-state index in [0.29, 0.717) is 10.7 Å². The Morgan fingerprint density at radius 1 is 1.00 bits per heavy atom. The van der Waals surface area contributed by atoms with Gasteiger partial charge in [-0.15, -0.1) is 0 Å². The van der Waals surface area contributed by atoms with Gasteiger partial charge in [-0.1, -0.05) is 33.1 Å². The van der Waals surface area contributed by atoms with Crippen LogP contribution in [0, 0.1) is 5.41 Å². The molecule has 1 aliphatic carbocycles. The van der Waals surface area contributed by atoms with Crippen molar-refractivity contribution < 1.29 is 0 Å². The summed E-state index contributed by atoms with van der Waals surface area (Å²) in [6.07, 6.45) is 9.65. The minimum absolute atomic E-state index is 0.575. The lowest BCUT2D eigenvalue weighted by atomic mass is 9.83. The fourth-order valence-electron chi connectivity index (χ4n) is 1.99. The van der Waals surface area contributed by atoms with Crippen LogP contribution in [-0.2, 0) is 0 Å². The van der Waals surface area contributed by atoms with Crippen LogP contribution in [0.25, 0.3) is 0 Å². The van der Waals surface area contributed by atoms with E-state index in [1.165, 1.54) is 44.9 Å². The zero-order chi connectivity index (χ0) is 9.03. The quantitative estimate of drug-likeness (QED) is 0.542. The van der Waals surface area contributed by atoms with E-state index in [0.717, 1.165) is 0 Å². The van der Waals surface area contributed by atoms with Gasteiger partial charge in [0.05, 0.1) is 0 Å². The third kappa shape index (κ3) is 3.84. The van der Waals surface area contributed by atoms with E-state index in [4.69, 9.17) is 0 Å². The number of hydrogen-bond donors (Lipinski definition) is 1. The molecule has 1 unspecified atom stereocenters. The number of rotatable bonds is 0. The highest BCUT2D eigenvalue weighted by Crippen LogP contribution is 2.33. The summed E-state index contributed by atoms with van der Waals surface area (Å²) >= 11 is 4.60. The van der Waals surface area contributed by atoms with Crippen molar-refractivity contribution in [3.63, 3.8) is 0 Å². The van der Waals surface area contributed by atoms with E-state index < -0.39 is 0 Å². The van der Waals surface area contributed by atoms with Gasteiger partial charge in [-0.05, 0) is 31.1 Å². The SMILES string of the molecule is CC1(C)CCCCCC(S)CC1. The van der Waals surface area contributed by atoms with Gasteiger partial charge in [0.1, 0.15) is 0 Å². The molecule has 0 aromatic carbocycles. The van der Waals surface area contributed by atoms with Crippen molar-refractivity contribution in [1.29, 1.82) is 0 Å². The highest BCUT2D eigenvalue weighted by molar-refractivity contribution is 7.80. The maximum Gasteiger partial charge on any atom is 0.00170 e. The van der Waals surface area contributed by atoms with Gasteiger partial charge in [0, 0.05) is 5.25 Å². The van der Waals surface area contributed by atoms with E-state index in [-0.39, 0.29) is 0 Å². The molecule has 0 bridgehead atoms. The van der Waals surface area contributed by atoms with Crippen LogP contribution >= 0.6 is 12.6 Å². The summed E-state index contributed by atoms with van der Waals surface area (Å²) in [5.74, 6) is 0. The number of hydrogen-bond acceptors (Lipinski definition) is 1. The standard InChI is InChI=1S/C11H22S/c1-11(2)8-5-3-4-6-10(12)7-9-11/h10,12H,3-9H2,1-2H3. The summed E-state index contributed by atoms with van der Waals surface area (Å²) in [6.45, 7) is 4.80. The summed E-state index contributed by atoms with van der Waals surface area (Å²) in [5.41, 5.74) is 0.575. The minimum Gasteiger partial charge on any atom is -0.176 e. The van der Waals surface area contributed by atoms with Gasteiger partial charge in [0.2, 0.25) is 0 Å². The second-order valence-corrected chi connectivity index (χ2v) is 5.69. The van der Waals surface area contributed by atoms with Crippen LogP contribution in [0.5, 0.6) is 0 Å². The van der Waals surface area contributed by atoms with Crippen molar-refractivity contribution in [2.24, 2.45) is 5.41 Å². The van der Waals surface area contributed by atoms with Gasteiger partial charge in [-0.3, -0.25) is 0 Å². The van der Waals surface area contributed by atoms with Crippen LogP contribution in [0.15, 0.2) is 0 Å². The first-order valence-corrected chi connectivity index (χ1v) is 5.80. The molecule has 0 aliphatic heterocycles. The maximum absolute atomic E-state index is 4.60. The van der Waals surface area contributed by atoms with Gasteiger partial charge in [0.15, 0.2) is 0 Å². The van der Waals surface area contributed by atoms with Crippen LogP contribution in [0.4, 0.5) is 0 Å². The summed E-state index contributed by atoms with van der Waals surface area (Å²) in [7, 11) is 0. The molecular formula is C11H22S. The molecule has 1 rings (SSSR count). The van der Waals surface area contributed by atoms with Crippen molar-refractivity contribution in [3.05, 3.63) is 0 Å². The highest BCUT2D eigenvalue weighted by atomic mass is 32.1. The Morgan fingerprint density at radius 2 is 1.75 bits per heavy atom. The maximum atomic E-state index is 4.60. The van der Waals surface area contributed by atoms with Crippen LogP contribution in [-0.4, -0.2) is 5.25 Å². The van der Waals surface area contributed by atoms with Gasteiger partial charge in [-0.25, -0.2) is 0 Å². The topological polar surface area (TPSA) is 0 Å². The zero-order valence-electron chi connectivity index (χ0n) is 8.47. The molecule has 0 spiro atoms. The van der Waals surface area contributed by atoms with Crippen molar-refractivity contribution in [1.82, 2.24) is 0 Å². The van der Waals surface area contributed by atoms with Crippen molar-refractivity contribution in [2.45, 2.75) is 64.0 Å². The van der Waals surface area contributed by atoms with E-state index in [1.807, 2.05) is 0 Å².